The normalized spacial score (nSPS) is 11.4. The van der Waals surface area contributed by atoms with Gasteiger partial charge < -0.3 is 4.98 Å². The summed E-state index contributed by atoms with van der Waals surface area (Å²) in [4.78, 5) is 24.3. The quantitative estimate of drug-likeness (QED) is 0.371. The van der Waals surface area contributed by atoms with Crippen molar-refractivity contribution in [3.8, 4) is 11.1 Å². The Morgan fingerprint density at radius 3 is 2.69 bits per heavy atom. The van der Waals surface area contributed by atoms with Crippen molar-refractivity contribution >= 4 is 44.5 Å². The predicted molar refractivity (Wildman–Crippen MR) is 119 cm³/mol. The summed E-state index contributed by atoms with van der Waals surface area (Å²) in [6.07, 6.45) is 1.82. The van der Waals surface area contributed by atoms with Crippen LogP contribution in [0.25, 0.3) is 21.3 Å². The molecular formula is C21H17ClFN3OS2. The van der Waals surface area contributed by atoms with Crippen LogP contribution in [0.4, 0.5) is 4.39 Å². The highest BCUT2D eigenvalue weighted by molar-refractivity contribution is 7.17. The number of aromatic nitrogens is 2. The number of nitrogens with one attached hydrogen (secondary N) is 1. The molecule has 3 heterocycles. The van der Waals surface area contributed by atoms with Crippen molar-refractivity contribution in [3.63, 3.8) is 0 Å². The first-order chi connectivity index (χ1) is 14.0. The number of halogens is 2. The highest BCUT2D eigenvalue weighted by Crippen LogP contribution is 2.31. The summed E-state index contributed by atoms with van der Waals surface area (Å²) in [7, 11) is 0. The lowest BCUT2D eigenvalue weighted by atomic mass is 10.1. The van der Waals surface area contributed by atoms with E-state index in [0.717, 1.165) is 20.3 Å². The zero-order valence-corrected chi connectivity index (χ0v) is 17.7. The lowest BCUT2D eigenvalue weighted by Crippen LogP contribution is -2.25. The van der Waals surface area contributed by atoms with E-state index in [2.05, 4.69) is 21.4 Å². The van der Waals surface area contributed by atoms with Crippen LogP contribution < -0.4 is 5.56 Å². The molecule has 0 amide bonds. The Hall–Kier alpha value is -2.32. The van der Waals surface area contributed by atoms with E-state index in [9.17, 15) is 9.18 Å². The van der Waals surface area contributed by atoms with Crippen molar-refractivity contribution in [1.29, 1.82) is 0 Å². The van der Waals surface area contributed by atoms with Gasteiger partial charge in [-0.25, -0.2) is 9.37 Å². The number of thiophene rings is 2. The van der Waals surface area contributed by atoms with Crippen molar-refractivity contribution in [3.05, 3.63) is 85.6 Å². The zero-order chi connectivity index (χ0) is 20.4. The van der Waals surface area contributed by atoms with Crippen molar-refractivity contribution < 1.29 is 4.39 Å². The Balaban J connectivity index is 1.63. The van der Waals surface area contributed by atoms with Gasteiger partial charge in [-0.15, -0.1) is 29.3 Å². The maximum atomic E-state index is 13.2. The highest BCUT2D eigenvalue weighted by Gasteiger charge is 2.15. The first-order valence-electron chi connectivity index (χ1n) is 8.87. The van der Waals surface area contributed by atoms with Gasteiger partial charge in [0.1, 0.15) is 16.5 Å². The Morgan fingerprint density at radius 2 is 2.00 bits per heavy atom. The molecule has 8 heteroatoms. The monoisotopic (exact) mass is 445 g/mol. The summed E-state index contributed by atoms with van der Waals surface area (Å²) in [6, 6.07) is 9.99. The van der Waals surface area contributed by atoms with Gasteiger partial charge in [0.25, 0.3) is 5.56 Å². The fourth-order valence-electron chi connectivity index (χ4n) is 3.15. The van der Waals surface area contributed by atoms with Gasteiger partial charge in [0.05, 0.1) is 16.3 Å². The van der Waals surface area contributed by atoms with Crippen LogP contribution in [0, 0.1) is 5.82 Å². The molecular weight excluding hydrogens is 429 g/mol. The summed E-state index contributed by atoms with van der Waals surface area (Å²) in [5.74, 6) is 0.288. The molecule has 1 aromatic carbocycles. The van der Waals surface area contributed by atoms with Crippen LogP contribution in [-0.4, -0.2) is 21.4 Å². The van der Waals surface area contributed by atoms with Crippen LogP contribution in [-0.2, 0) is 13.1 Å². The molecule has 29 heavy (non-hydrogen) atoms. The molecule has 3 aromatic heterocycles. The van der Waals surface area contributed by atoms with E-state index in [4.69, 9.17) is 11.6 Å². The van der Waals surface area contributed by atoms with Gasteiger partial charge in [0.15, 0.2) is 0 Å². The molecule has 0 radical (unpaired) electrons. The Labute approximate surface area is 179 Å². The van der Waals surface area contributed by atoms with Gasteiger partial charge in [0.2, 0.25) is 0 Å². The van der Waals surface area contributed by atoms with Crippen LogP contribution in [0.5, 0.6) is 0 Å². The van der Waals surface area contributed by atoms with Crippen LogP contribution in [0.15, 0.2) is 59.2 Å². The summed E-state index contributed by atoms with van der Waals surface area (Å²) in [5.41, 5.74) is 1.37. The molecule has 4 aromatic rings. The first-order valence-corrected chi connectivity index (χ1v) is 10.9. The SMILES string of the molecule is C=CCN(Cc1nc2scc(-c3ccc(F)cc3)c2c(=O)[nH]1)Cc1ccc(Cl)s1. The van der Waals surface area contributed by atoms with E-state index in [0.29, 0.717) is 35.7 Å². The number of benzene rings is 1. The third-order valence-electron chi connectivity index (χ3n) is 4.42. The second-order valence-electron chi connectivity index (χ2n) is 6.51. The molecule has 0 fully saturated rings. The number of rotatable bonds is 7. The minimum absolute atomic E-state index is 0.191. The summed E-state index contributed by atoms with van der Waals surface area (Å²) < 4.78 is 14.0. The molecule has 0 aliphatic heterocycles. The lowest BCUT2D eigenvalue weighted by molar-refractivity contribution is 0.281. The third-order valence-corrected chi connectivity index (χ3v) is 6.51. The Bertz CT molecular complexity index is 1210. The standard InChI is InChI=1S/C21H17ClFN3OS2/c1-2-9-26(10-15-7-8-17(22)29-15)11-18-24-20(27)19-16(12-28-21(19)25-18)13-3-5-14(23)6-4-13/h2-8,12H,1,9-11H2,(H,24,25,27). The molecule has 4 rings (SSSR count). The van der Waals surface area contributed by atoms with Gasteiger partial charge >= 0.3 is 0 Å². The topological polar surface area (TPSA) is 49.0 Å². The molecule has 148 valence electrons. The van der Waals surface area contributed by atoms with Crippen LogP contribution >= 0.6 is 34.3 Å². The van der Waals surface area contributed by atoms with Crippen LogP contribution in [0.1, 0.15) is 10.7 Å². The maximum absolute atomic E-state index is 13.2. The van der Waals surface area contributed by atoms with Gasteiger partial charge in [-0.2, -0.15) is 0 Å². The average molecular weight is 446 g/mol. The van der Waals surface area contributed by atoms with Gasteiger partial charge in [0, 0.05) is 28.9 Å². The molecule has 0 saturated carbocycles. The van der Waals surface area contributed by atoms with Crippen molar-refractivity contribution in [2.24, 2.45) is 0 Å². The zero-order valence-electron chi connectivity index (χ0n) is 15.3. The van der Waals surface area contributed by atoms with Crippen molar-refractivity contribution in [1.82, 2.24) is 14.9 Å². The average Bonchev–Trinajstić information content (AvgIpc) is 3.29. The van der Waals surface area contributed by atoms with Gasteiger partial charge in [-0.1, -0.05) is 29.8 Å². The van der Waals surface area contributed by atoms with Crippen molar-refractivity contribution in [2.75, 3.05) is 6.54 Å². The fourth-order valence-corrected chi connectivity index (χ4v) is 5.24. The van der Waals surface area contributed by atoms with E-state index >= 15 is 0 Å². The fraction of sp³-hybridized carbons (Fsp3) is 0.143. The van der Waals surface area contributed by atoms with Crippen LogP contribution in [0.2, 0.25) is 4.34 Å². The number of hydrogen-bond donors (Lipinski definition) is 1. The minimum atomic E-state index is -0.308. The third kappa shape index (κ3) is 4.48. The molecule has 0 aliphatic rings. The Kier molecular flexibility index (Phi) is 5.91. The molecule has 0 bridgehead atoms. The number of aromatic amines is 1. The van der Waals surface area contributed by atoms with Gasteiger partial charge in [-0.05, 0) is 29.8 Å². The molecule has 0 spiro atoms. The second-order valence-corrected chi connectivity index (χ2v) is 9.17. The highest BCUT2D eigenvalue weighted by atomic mass is 35.5. The summed E-state index contributed by atoms with van der Waals surface area (Å²) >= 11 is 8.97. The van der Waals surface area contributed by atoms with Crippen LogP contribution in [0.3, 0.4) is 0 Å². The predicted octanol–water partition coefficient (Wildman–Crippen LogP) is 5.69. The van der Waals surface area contributed by atoms with E-state index in [1.807, 2.05) is 23.6 Å². The van der Waals surface area contributed by atoms with E-state index in [1.54, 1.807) is 12.1 Å². The molecule has 0 unspecified atom stereocenters. The first kappa shape index (κ1) is 20.0. The molecule has 1 N–H and O–H groups in total. The smallest absolute Gasteiger partial charge is 0.260 e. The number of hydrogen-bond acceptors (Lipinski definition) is 5. The van der Waals surface area contributed by atoms with E-state index in [1.165, 1.54) is 34.8 Å². The van der Waals surface area contributed by atoms with E-state index < -0.39 is 0 Å². The second kappa shape index (κ2) is 8.59. The number of H-pyrrole nitrogens is 1. The van der Waals surface area contributed by atoms with Crippen molar-refractivity contribution in [2.45, 2.75) is 13.1 Å². The molecule has 0 saturated heterocycles. The molecule has 4 nitrogen and oxygen atoms in total. The maximum Gasteiger partial charge on any atom is 0.260 e. The number of nitrogens with zero attached hydrogens (tertiary/aromatic N) is 2. The molecule has 0 aliphatic carbocycles. The largest absolute Gasteiger partial charge is 0.309 e. The molecule has 0 atom stereocenters. The summed E-state index contributed by atoms with van der Waals surface area (Å²) in [6.45, 7) is 5.65. The Morgan fingerprint density at radius 1 is 1.21 bits per heavy atom. The van der Waals surface area contributed by atoms with Gasteiger partial charge in [-0.3, -0.25) is 9.69 Å². The minimum Gasteiger partial charge on any atom is -0.309 e. The number of fused-ring (bicyclic) bond motifs is 1. The lowest BCUT2D eigenvalue weighted by Gasteiger charge is -2.19. The van der Waals surface area contributed by atoms with E-state index in [-0.39, 0.29) is 11.4 Å². The summed E-state index contributed by atoms with van der Waals surface area (Å²) in [5, 5.41) is 2.42.